The number of likely N-dealkylation sites (tertiary alicyclic amines) is 2. The normalized spacial score (nSPS) is 35.7. The maximum Gasteiger partial charge on any atom is 0.0628 e. The molecule has 0 bridgehead atoms. The molecule has 25 heavy (non-hydrogen) atoms. The monoisotopic (exact) mass is 349 g/mol. The average molecular weight is 350 g/mol. The first kappa shape index (κ1) is 20.7. The van der Waals surface area contributed by atoms with Crippen LogP contribution in [0.5, 0.6) is 0 Å². The lowest BCUT2D eigenvalue weighted by Crippen LogP contribution is -2.47. The molecule has 0 aromatic heterocycles. The van der Waals surface area contributed by atoms with E-state index in [1.54, 1.807) is 0 Å². The first-order valence-electron chi connectivity index (χ1n) is 10.3. The van der Waals surface area contributed by atoms with Gasteiger partial charge in [-0.05, 0) is 90.6 Å². The van der Waals surface area contributed by atoms with Crippen LogP contribution < -0.4 is 0 Å². The Morgan fingerprint density at radius 1 is 1.16 bits per heavy atom. The Morgan fingerprint density at radius 2 is 1.88 bits per heavy atom. The van der Waals surface area contributed by atoms with Gasteiger partial charge in [-0.2, -0.15) is 5.26 Å². The van der Waals surface area contributed by atoms with Gasteiger partial charge >= 0.3 is 0 Å². The highest BCUT2D eigenvalue weighted by Gasteiger charge is 2.56. The van der Waals surface area contributed by atoms with Crippen LogP contribution in [-0.2, 0) is 0 Å². The molecule has 4 heteroatoms. The highest BCUT2D eigenvalue weighted by molar-refractivity contribution is 5.10. The Labute approximate surface area is 155 Å². The van der Waals surface area contributed by atoms with Gasteiger partial charge in [-0.15, -0.1) is 0 Å². The molecule has 4 atom stereocenters. The molecule has 0 aromatic rings. The van der Waals surface area contributed by atoms with E-state index in [0.29, 0.717) is 36.1 Å². The number of nitriles is 1. The molecule has 2 saturated heterocycles. The van der Waals surface area contributed by atoms with E-state index in [-0.39, 0.29) is 0 Å². The molecule has 0 aromatic carbocycles. The number of hydrogen-bond acceptors (Lipinski definition) is 4. The highest BCUT2D eigenvalue weighted by Crippen LogP contribution is 2.59. The van der Waals surface area contributed by atoms with Crippen molar-refractivity contribution in [2.24, 2.45) is 17.3 Å². The quantitative estimate of drug-likeness (QED) is 0.844. The average Bonchev–Trinajstić information content (AvgIpc) is 3.28. The third-order valence-corrected chi connectivity index (χ3v) is 6.90. The fraction of sp³-hybridized carbons (Fsp3) is 0.952. The largest absolute Gasteiger partial charge is 0.396 e. The van der Waals surface area contributed by atoms with Crippen molar-refractivity contribution < 1.29 is 5.11 Å². The number of piperidine rings is 2. The first-order chi connectivity index (χ1) is 11.8. The van der Waals surface area contributed by atoms with Crippen molar-refractivity contribution in [2.45, 2.75) is 84.8 Å². The zero-order valence-electron chi connectivity index (χ0n) is 17.0. The van der Waals surface area contributed by atoms with Crippen LogP contribution in [0.3, 0.4) is 0 Å². The lowest BCUT2D eigenvalue weighted by atomic mass is 9.90. The lowest BCUT2D eigenvalue weighted by molar-refractivity contribution is 0.0450. The van der Waals surface area contributed by atoms with Gasteiger partial charge in [-0.3, -0.25) is 4.90 Å². The van der Waals surface area contributed by atoms with Crippen molar-refractivity contribution in [1.82, 2.24) is 9.80 Å². The maximum absolute atomic E-state index is 9.13. The Balaban J connectivity index is 0.000000181. The van der Waals surface area contributed by atoms with Gasteiger partial charge in [0.1, 0.15) is 0 Å². The molecule has 2 heterocycles. The van der Waals surface area contributed by atoms with Crippen LogP contribution in [0.1, 0.15) is 66.7 Å². The third-order valence-electron chi connectivity index (χ3n) is 6.90. The molecule has 0 amide bonds. The van der Waals surface area contributed by atoms with Crippen LogP contribution in [-0.4, -0.2) is 59.3 Å². The minimum atomic E-state index is 0.352. The summed E-state index contributed by atoms with van der Waals surface area (Å²) >= 11 is 0. The number of hydrogen-bond donors (Lipinski definition) is 1. The summed E-state index contributed by atoms with van der Waals surface area (Å²) in [5, 5.41) is 17.9. The minimum Gasteiger partial charge on any atom is -0.396 e. The van der Waals surface area contributed by atoms with E-state index < -0.39 is 0 Å². The van der Waals surface area contributed by atoms with Crippen LogP contribution >= 0.6 is 0 Å². The Bertz CT molecular complexity index is 459. The molecule has 144 valence electrons. The molecule has 1 saturated carbocycles. The molecule has 2 aliphatic heterocycles. The van der Waals surface area contributed by atoms with E-state index >= 15 is 0 Å². The number of nitrogens with zero attached hydrogens (tertiary/aromatic N) is 3. The van der Waals surface area contributed by atoms with Crippen LogP contribution in [0, 0.1) is 28.6 Å². The number of rotatable bonds is 4. The molecule has 3 rings (SSSR count). The molecule has 1 N–H and O–H groups in total. The van der Waals surface area contributed by atoms with Crippen LogP contribution in [0.15, 0.2) is 0 Å². The molecule has 4 nitrogen and oxygen atoms in total. The molecule has 4 unspecified atom stereocenters. The van der Waals surface area contributed by atoms with E-state index in [0.717, 1.165) is 12.3 Å². The van der Waals surface area contributed by atoms with Crippen LogP contribution in [0.25, 0.3) is 0 Å². The van der Waals surface area contributed by atoms with Crippen molar-refractivity contribution in [2.75, 3.05) is 26.2 Å². The fourth-order valence-corrected chi connectivity index (χ4v) is 4.93. The van der Waals surface area contributed by atoms with E-state index in [9.17, 15) is 0 Å². The zero-order valence-corrected chi connectivity index (χ0v) is 17.0. The van der Waals surface area contributed by atoms with Gasteiger partial charge in [-0.1, -0.05) is 0 Å². The van der Waals surface area contributed by atoms with Crippen molar-refractivity contribution in [3.8, 4) is 6.07 Å². The van der Waals surface area contributed by atoms with Crippen molar-refractivity contribution in [3.05, 3.63) is 0 Å². The van der Waals surface area contributed by atoms with Crippen molar-refractivity contribution in [1.29, 1.82) is 5.26 Å². The van der Waals surface area contributed by atoms with E-state index in [1.807, 2.05) is 0 Å². The molecular formula is C21H39N3O. The predicted molar refractivity (Wildman–Crippen MR) is 103 cm³/mol. The van der Waals surface area contributed by atoms with Gasteiger partial charge in [0, 0.05) is 37.7 Å². The van der Waals surface area contributed by atoms with E-state index in [2.05, 4.69) is 50.5 Å². The van der Waals surface area contributed by atoms with E-state index in [1.165, 1.54) is 45.3 Å². The second kappa shape index (κ2) is 8.84. The number of aliphatic hydroxyl groups is 1. The van der Waals surface area contributed by atoms with Gasteiger partial charge in [-0.25, -0.2) is 0 Å². The SMILES string of the molecule is CC(C)N1CCC2CC2(CC#N)C1.CC(C)N1CCCC(CO)C1C. The van der Waals surface area contributed by atoms with Crippen molar-refractivity contribution in [3.63, 3.8) is 0 Å². The summed E-state index contributed by atoms with van der Waals surface area (Å²) in [6.07, 6.45) is 5.85. The standard InChI is InChI=1S/C11H18N2.C10H21NO/c1-9(2)13-6-3-10-7-11(10,8-13)4-5-12;1-8(2)11-6-4-5-10(7-12)9(11)3/h9-10H,3-4,6-8H2,1-2H3;8-10,12H,4-7H2,1-3H3. The molecule has 3 aliphatic rings. The van der Waals surface area contributed by atoms with E-state index in [4.69, 9.17) is 10.4 Å². The summed E-state index contributed by atoms with van der Waals surface area (Å²) in [6, 6.07) is 4.18. The van der Waals surface area contributed by atoms with Gasteiger partial charge < -0.3 is 10.0 Å². The van der Waals surface area contributed by atoms with Crippen LogP contribution in [0.2, 0.25) is 0 Å². The minimum absolute atomic E-state index is 0.352. The van der Waals surface area contributed by atoms with Gasteiger partial charge in [0.05, 0.1) is 6.07 Å². The summed E-state index contributed by atoms with van der Waals surface area (Å²) in [7, 11) is 0. The zero-order chi connectivity index (χ0) is 18.6. The molecule has 3 fully saturated rings. The summed E-state index contributed by atoms with van der Waals surface area (Å²) in [6.45, 7) is 15.2. The molecular weight excluding hydrogens is 310 g/mol. The third kappa shape index (κ3) is 4.96. The summed E-state index contributed by atoms with van der Waals surface area (Å²) in [5.41, 5.74) is 0.414. The Morgan fingerprint density at radius 3 is 2.44 bits per heavy atom. The van der Waals surface area contributed by atoms with Crippen molar-refractivity contribution >= 4 is 0 Å². The fourth-order valence-electron chi connectivity index (χ4n) is 4.93. The Hall–Kier alpha value is -0.630. The second-order valence-electron chi connectivity index (χ2n) is 9.11. The van der Waals surface area contributed by atoms with Gasteiger partial charge in [0.2, 0.25) is 0 Å². The number of aliphatic hydroxyl groups excluding tert-OH is 1. The van der Waals surface area contributed by atoms with Crippen LogP contribution in [0.4, 0.5) is 0 Å². The maximum atomic E-state index is 9.13. The smallest absolute Gasteiger partial charge is 0.0628 e. The van der Waals surface area contributed by atoms with Gasteiger partial charge in [0.15, 0.2) is 0 Å². The topological polar surface area (TPSA) is 50.5 Å². The number of fused-ring (bicyclic) bond motifs is 1. The molecule has 0 spiro atoms. The predicted octanol–water partition coefficient (Wildman–Crippen LogP) is 3.51. The Kier molecular flexibility index (Phi) is 7.31. The van der Waals surface area contributed by atoms with Gasteiger partial charge in [0.25, 0.3) is 0 Å². The summed E-state index contributed by atoms with van der Waals surface area (Å²) in [4.78, 5) is 5.02. The summed E-state index contributed by atoms with van der Waals surface area (Å²) in [5.74, 6) is 1.38. The molecule has 0 radical (unpaired) electrons. The first-order valence-corrected chi connectivity index (χ1v) is 10.3. The lowest BCUT2D eigenvalue weighted by Gasteiger charge is -2.41. The second-order valence-corrected chi connectivity index (χ2v) is 9.11. The molecule has 1 aliphatic carbocycles. The highest BCUT2D eigenvalue weighted by atomic mass is 16.3. The summed E-state index contributed by atoms with van der Waals surface area (Å²) < 4.78 is 0.